The molecule has 1 N–H and O–H groups in total. The number of likely N-dealkylation sites (N-methyl/N-ethyl adjacent to an activating group) is 1. The van der Waals surface area contributed by atoms with Crippen LogP contribution in [0.4, 0.5) is 0 Å². The lowest BCUT2D eigenvalue weighted by Crippen LogP contribution is -2.22. The van der Waals surface area contributed by atoms with E-state index in [2.05, 4.69) is 16.6 Å². The first kappa shape index (κ1) is 13.8. The van der Waals surface area contributed by atoms with Crippen LogP contribution in [0.5, 0.6) is 0 Å². The normalized spacial score (nSPS) is 11.1. The van der Waals surface area contributed by atoms with Crippen LogP contribution in [0.1, 0.15) is 26.7 Å². The Labute approximate surface area is 115 Å². The van der Waals surface area contributed by atoms with Gasteiger partial charge in [-0.3, -0.25) is 0 Å². The third-order valence-electron chi connectivity index (χ3n) is 2.89. The second-order valence-corrected chi connectivity index (χ2v) is 5.46. The van der Waals surface area contributed by atoms with E-state index in [0.717, 1.165) is 13.0 Å². The Kier molecular flexibility index (Phi) is 4.34. The van der Waals surface area contributed by atoms with Gasteiger partial charge in [0, 0.05) is 18.0 Å². The van der Waals surface area contributed by atoms with E-state index in [-0.39, 0.29) is 5.56 Å². The predicted octanol–water partition coefficient (Wildman–Crippen LogP) is 2.42. The molecule has 0 radical (unpaired) electrons. The van der Waals surface area contributed by atoms with Gasteiger partial charge in [-0.25, -0.2) is 4.79 Å². The quantitative estimate of drug-likeness (QED) is 0.880. The van der Waals surface area contributed by atoms with Crippen molar-refractivity contribution >= 4 is 17.3 Å². The number of carboxylic acid groups (broad SMARTS) is 1. The molecule has 0 saturated carbocycles. The van der Waals surface area contributed by atoms with Gasteiger partial charge in [0.2, 0.25) is 0 Å². The van der Waals surface area contributed by atoms with Crippen molar-refractivity contribution in [3.05, 3.63) is 39.4 Å². The molecule has 2 heterocycles. The summed E-state index contributed by atoms with van der Waals surface area (Å²) in [4.78, 5) is 14.5. The summed E-state index contributed by atoms with van der Waals surface area (Å²) in [5.41, 5.74) is 0.668. The van der Waals surface area contributed by atoms with Gasteiger partial charge >= 0.3 is 5.97 Å². The summed E-state index contributed by atoms with van der Waals surface area (Å²) in [6, 6.07) is 4.13. The maximum atomic E-state index is 11.1. The van der Waals surface area contributed by atoms with Crippen LogP contribution in [-0.4, -0.2) is 34.7 Å². The molecule has 0 unspecified atom stereocenters. The molecule has 102 valence electrons. The Bertz CT molecular complexity index is 548. The van der Waals surface area contributed by atoms with E-state index in [1.54, 1.807) is 18.3 Å². The molecule has 0 amide bonds. The number of carbonyl (C=O) groups is 1. The number of aromatic carboxylic acids is 1. The van der Waals surface area contributed by atoms with Crippen LogP contribution >= 0.6 is 11.3 Å². The van der Waals surface area contributed by atoms with Crippen molar-refractivity contribution in [2.45, 2.75) is 19.9 Å². The lowest BCUT2D eigenvalue weighted by molar-refractivity contribution is 0.0693. The summed E-state index contributed by atoms with van der Waals surface area (Å²) < 4.78 is 4.95. The van der Waals surface area contributed by atoms with Crippen molar-refractivity contribution in [1.82, 2.24) is 10.1 Å². The summed E-state index contributed by atoms with van der Waals surface area (Å²) in [5.74, 6) is -0.630. The van der Waals surface area contributed by atoms with E-state index < -0.39 is 5.97 Å². The summed E-state index contributed by atoms with van der Waals surface area (Å²) in [6.07, 6.45) is 0.952. The maximum Gasteiger partial charge on any atom is 0.341 e. The van der Waals surface area contributed by atoms with E-state index >= 15 is 0 Å². The van der Waals surface area contributed by atoms with Crippen LogP contribution in [0.15, 0.2) is 22.0 Å². The molecule has 0 aliphatic rings. The number of carboxylic acids is 1. The van der Waals surface area contributed by atoms with Gasteiger partial charge in [-0.05, 0) is 31.8 Å². The van der Waals surface area contributed by atoms with Gasteiger partial charge in [-0.2, -0.15) is 0 Å². The number of rotatable bonds is 6. The number of thiophene rings is 1. The molecule has 0 atom stereocenters. The summed E-state index contributed by atoms with van der Waals surface area (Å²) in [5, 5.41) is 15.0. The fraction of sp³-hybridized carbons (Fsp3) is 0.385. The average Bonchev–Trinajstić information content (AvgIpc) is 2.96. The summed E-state index contributed by atoms with van der Waals surface area (Å²) >= 11 is 1.73. The zero-order valence-electron chi connectivity index (χ0n) is 10.9. The fourth-order valence-electron chi connectivity index (χ4n) is 1.89. The SMILES string of the molecule is Cc1onc(CN(C)CCc2cccs2)c1C(=O)O. The minimum absolute atomic E-state index is 0.183. The third kappa shape index (κ3) is 3.42. The molecule has 19 heavy (non-hydrogen) atoms. The van der Waals surface area contributed by atoms with Crippen molar-refractivity contribution in [2.75, 3.05) is 13.6 Å². The average molecular weight is 280 g/mol. The van der Waals surface area contributed by atoms with Crippen LogP contribution in [-0.2, 0) is 13.0 Å². The van der Waals surface area contributed by atoms with Gasteiger partial charge < -0.3 is 14.5 Å². The van der Waals surface area contributed by atoms with E-state index in [9.17, 15) is 4.79 Å². The number of aromatic nitrogens is 1. The zero-order chi connectivity index (χ0) is 13.8. The number of hydrogen-bond donors (Lipinski definition) is 1. The summed E-state index contributed by atoms with van der Waals surface area (Å²) in [7, 11) is 1.95. The molecule has 0 aliphatic heterocycles. The van der Waals surface area contributed by atoms with Gasteiger partial charge in [0.05, 0.1) is 0 Å². The molecule has 2 aromatic heterocycles. The van der Waals surface area contributed by atoms with Gasteiger partial charge in [0.15, 0.2) is 0 Å². The van der Waals surface area contributed by atoms with Crippen LogP contribution in [0.25, 0.3) is 0 Å². The predicted molar refractivity (Wildman–Crippen MR) is 72.6 cm³/mol. The molecular weight excluding hydrogens is 264 g/mol. The summed E-state index contributed by atoms with van der Waals surface area (Å²) in [6.45, 7) is 2.95. The van der Waals surface area contributed by atoms with Crippen molar-refractivity contribution in [1.29, 1.82) is 0 Å². The molecule has 0 aromatic carbocycles. The molecule has 0 saturated heterocycles. The Hall–Kier alpha value is -1.66. The largest absolute Gasteiger partial charge is 0.477 e. The topological polar surface area (TPSA) is 66.6 Å². The van der Waals surface area contributed by atoms with Gasteiger partial charge in [0.1, 0.15) is 17.0 Å². The highest BCUT2D eigenvalue weighted by atomic mass is 32.1. The second-order valence-electron chi connectivity index (χ2n) is 4.43. The van der Waals surface area contributed by atoms with Crippen LogP contribution in [0, 0.1) is 6.92 Å². The fourth-order valence-corrected chi connectivity index (χ4v) is 2.59. The van der Waals surface area contributed by atoms with Crippen molar-refractivity contribution in [3.8, 4) is 0 Å². The van der Waals surface area contributed by atoms with Crippen LogP contribution < -0.4 is 0 Å². The highest BCUT2D eigenvalue weighted by Crippen LogP contribution is 2.15. The minimum Gasteiger partial charge on any atom is -0.477 e. The smallest absolute Gasteiger partial charge is 0.341 e. The van der Waals surface area contributed by atoms with Gasteiger partial charge in [0.25, 0.3) is 0 Å². The Morgan fingerprint density at radius 3 is 3.00 bits per heavy atom. The third-order valence-corrected chi connectivity index (χ3v) is 3.82. The molecule has 0 bridgehead atoms. The van der Waals surface area contributed by atoms with E-state index in [4.69, 9.17) is 9.63 Å². The maximum absolute atomic E-state index is 11.1. The minimum atomic E-state index is -0.986. The molecule has 2 aromatic rings. The van der Waals surface area contributed by atoms with Crippen LogP contribution in [0.2, 0.25) is 0 Å². The lowest BCUT2D eigenvalue weighted by Gasteiger charge is -2.14. The Morgan fingerprint density at radius 1 is 1.58 bits per heavy atom. The van der Waals surface area contributed by atoms with Crippen molar-refractivity contribution in [3.63, 3.8) is 0 Å². The molecule has 0 fully saturated rings. The van der Waals surface area contributed by atoms with E-state index in [1.165, 1.54) is 4.88 Å². The first-order chi connectivity index (χ1) is 9.08. The number of hydrogen-bond acceptors (Lipinski definition) is 5. The standard InChI is InChI=1S/C13H16N2O3S/c1-9-12(13(16)17)11(14-18-9)8-15(2)6-5-10-4-3-7-19-10/h3-4,7H,5-6,8H2,1-2H3,(H,16,17). The van der Waals surface area contributed by atoms with Crippen LogP contribution in [0.3, 0.4) is 0 Å². The second kappa shape index (κ2) is 5.99. The molecule has 5 nitrogen and oxygen atoms in total. The molecule has 0 aliphatic carbocycles. The molecule has 6 heteroatoms. The first-order valence-corrected chi connectivity index (χ1v) is 6.85. The van der Waals surface area contributed by atoms with Crippen molar-refractivity contribution in [2.24, 2.45) is 0 Å². The molecule has 2 rings (SSSR count). The highest BCUT2D eigenvalue weighted by Gasteiger charge is 2.20. The van der Waals surface area contributed by atoms with Gasteiger partial charge in [-0.15, -0.1) is 11.3 Å². The van der Waals surface area contributed by atoms with E-state index in [1.807, 2.05) is 18.0 Å². The lowest BCUT2D eigenvalue weighted by atomic mass is 10.2. The Morgan fingerprint density at radius 2 is 2.37 bits per heavy atom. The van der Waals surface area contributed by atoms with Gasteiger partial charge in [-0.1, -0.05) is 11.2 Å². The Balaban J connectivity index is 1.95. The number of aryl methyl sites for hydroxylation is 1. The molecular formula is C13H16N2O3S. The highest BCUT2D eigenvalue weighted by molar-refractivity contribution is 7.09. The monoisotopic (exact) mass is 280 g/mol. The molecule has 0 spiro atoms. The zero-order valence-corrected chi connectivity index (χ0v) is 11.7. The van der Waals surface area contributed by atoms with Crippen molar-refractivity contribution < 1.29 is 14.4 Å². The first-order valence-electron chi connectivity index (χ1n) is 5.97. The van der Waals surface area contributed by atoms with E-state index in [0.29, 0.717) is 18.0 Å². The number of nitrogens with zero attached hydrogens (tertiary/aromatic N) is 2.